The molecule has 2 aromatic rings. The highest BCUT2D eigenvalue weighted by molar-refractivity contribution is 6.04. The van der Waals surface area contributed by atoms with Gasteiger partial charge in [0.05, 0.1) is 17.6 Å². The molecule has 0 radical (unpaired) electrons. The average molecular weight is 380 g/mol. The lowest BCUT2D eigenvalue weighted by atomic mass is 9.86. The Balaban J connectivity index is 1.51. The smallest absolute Gasteiger partial charge is 0.274 e. The largest absolute Gasteiger partial charge is 0.368 e. The number of pyridine rings is 2. The third-order valence-corrected chi connectivity index (χ3v) is 5.87. The highest BCUT2D eigenvalue weighted by Gasteiger charge is 2.21. The van der Waals surface area contributed by atoms with Gasteiger partial charge in [-0.2, -0.15) is 0 Å². The van der Waals surface area contributed by atoms with E-state index in [0.29, 0.717) is 17.3 Å². The van der Waals surface area contributed by atoms with E-state index in [1.54, 1.807) is 18.5 Å². The molecule has 2 aromatic heterocycles. The average Bonchev–Trinajstić information content (AvgIpc) is 2.75. The molecule has 0 spiro atoms. The van der Waals surface area contributed by atoms with Crippen molar-refractivity contribution < 1.29 is 4.79 Å². The molecule has 4 rings (SSSR count). The lowest BCUT2D eigenvalue weighted by molar-refractivity contribution is 0.102. The van der Waals surface area contributed by atoms with E-state index in [-0.39, 0.29) is 11.9 Å². The van der Waals surface area contributed by atoms with Crippen molar-refractivity contribution in [1.82, 2.24) is 9.97 Å². The number of nitrogens with two attached hydrogens (primary N) is 1. The Morgan fingerprint density at radius 2 is 1.96 bits per heavy atom. The molecule has 3 heterocycles. The molecule has 0 unspecified atom stereocenters. The van der Waals surface area contributed by atoms with E-state index in [1.807, 2.05) is 12.1 Å². The zero-order valence-corrected chi connectivity index (χ0v) is 16.3. The van der Waals surface area contributed by atoms with E-state index in [1.165, 1.54) is 32.1 Å². The number of anilines is 2. The van der Waals surface area contributed by atoms with Crippen LogP contribution in [0.1, 0.15) is 67.0 Å². The van der Waals surface area contributed by atoms with Crippen molar-refractivity contribution in [2.45, 2.75) is 56.9 Å². The van der Waals surface area contributed by atoms with E-state index in [0.717, 1.165) is 37.3 Å². The number of hydrogen-bond donors (Lipinski definition) is 2. The van der Waals surface area contributed by atoms with Crippen molar-refractivity contribution in [2.24, 2.45) is 5.73 Å². The van der Waals surface area contributed by atoms with Crippen molar-refractivity contribution in [1.29, 1.82) is 0 Å². The van der Waals surface area contributed by atoms with Crippen LogP contribution in [0.2, 0.25) is 0 Å². The molecule has 1 saturated carbocycles. The Morgan fingerprint density at radius 1 is 1.11 bits per heavy atom. The highest BCUT2D eigenvalue weighted by Crippen LogP contribution is 2.32. The van der Waals surface area contributed by atoms with Crippen molar-refractivity contribution in [3.63, 3.8) is 0 Å². The fraction of sp³-hybridized carbons (Fsp3) is 0.500. The summed E-state index contributed by atoms with van der Waals surface area (Å²) in [7, 11) is 0. The molecule has 0 bridgehead atoms. The molecule has 6 nitrogen and oxygen atoms in total. The van der Waals surface area contributed by atoms with Crippen LogP contribution < -0.4 is 16.0 Å². The third-order valence-electron chi connectivity index (χ3n) is 5.87. The maximum absolute atomic E-state index is 12.9. The maximum Gasteiger partial charge on any atom is 0.274 e. The number of nitrogens with one attached hydrogen (secondary N) is 1. The van der Waals surface area contributed by atoms with Gasteiger partial charge in [0, 0.05) is 36.9 Å². The van der Waals surface area contributed by atoms with Crippen LogP contribution in [0.25, 0.3) is 0 Å². The zero-order valence-electron chi connectivity index (χ0n) is 16.3. The Labute approximate surface area is 166 Å². The molecule has 1 atom stereocenters. The third kappa shape index (κ3) is 4.33. The lowest BCUT2D eigenvalue weighted by Gasteiger charge is -2.33. The highest BCUT2D eigenvalue weighted by atomic mass is 16.1. The van der Waals surface area contributed by atoms with Crippen LogP contribution in [-0.2, 0) is 0 Å². The Kier molecular flexibility index (Phi) is 5.86. The van der Waals surface area contributed by atoms with Gasteiger partial charge in [0.25, 0.3) is 5.91 Å². The molecule has 0 aromatic carbocycles. The zero-order chi connectivity index (χ0) is 19.3. The number of amides is 1. The van der Waals surface area contributed by atoms with Gasteiger partial charge in [-0.25, -0.2) is 4.98 Å². The van der Waals surface area contributed by atoms with Crippen LogP contribution in [0.15, 0.2) is 36.7 Å². The van der Waals surface area contributed by atoms with Crippen molar-refractivity contribution in [3.8, 4) is 0 Å². The molecule has 3 N–H and O–H groups in total. The maximum atomic E-state index is 12.9. The summed E-state index contributed by atoms with van der Waals surface area (Å²) >= 11 is 0. The van der Waals surface area contributed by atoms with Gasteiger partial charge in [-0.3, -0.25) is 9.78 Å². The minimum absolute atomic E-state index is 0.166. The van der Waals surface area contributed by atoms with Crippen molar-refractivity contribution >= 4 is 17.3 Å². The number of rotatable bonds is 4. The number of aromatic nitrogens is 2. The van der Waals surface area contributed by atoms with Crippen molar-refractivity contribution in [2.75, 3.05) is 23.3 Å². The van der Waals surface area contributed by atoms with Crippen LogP contribution in [0.3, 0.4) is 0 Å². The molecule has 1 amide bonds. The van der Waals surface area contributed by atoms with Gasteiger partial charge < -0.3 is 16.0 Å². The summed E-state index contributed by atoms with van der Waals surface area (Å²) in [5.41, 5.74) is 9.33. The SMILES string of the molecule is N[C@H]1CCCN(c2ccncc2NC(=O)c2cccc(C3CCCCC3)n2)C1. The predicted octanol–water partition coefficient (Wildman–Crippen LogP) is 3.70. The van der Waals surface area contributed by atoms with Crippen LogP contribution in [0, 0.1) is 0 Å². The van der Waals surface area contributed by atoms with Crippen LogP contribution >= 0.6 is 0 Å². The first-order valence-electron chi connectivity index (χ1n) is 10.4. The summed E-state index contributed by atoms with van der Waals surface area (Å²) in [6.07, 6.45) is 11.7. The molecular formula is C22H29N5O. The van der Waals surface area contributed by atoms with E-state index in [4.69, 9.17) is 5.73 Å². The quantitative estimate of drug-likeness (QED) is 0.846. The van der Waals surface area contributed by atoms with E-state index >= 15 is 0 Å². The van der Waals surface area contributed by atoms with Gasteiger partial charge in [0.2, 0.25) is 0 Å². The first-order chi connectivity index (χ1) is 13.7. The lowest BCUT2D eigenvalue weighted by Crippen LogP contribution is -2.43. The second-order valence-corrected chi connectivity index (χ2v) is 7.98. The van der Waals surface area contributed by atoms with Crippen LogP contribution in [0.4, 0.5) is 11.4 Å². The molecule has 148 valence electrons. The molecule has 1 aliphatic carbocycles. The normalized spacial score (nSPS) is 20.8. The number of hydrogen-bond acceptors (Lipinski definition) is 5. The summed E-state index contributed by atoms with van der Waals surface area (Å²) in [5, 5.41) is 3.02. The fourth-order valence-electron chi connectivity index (χ4n) is 4.38. The topological polar surface area (TPSA) is 84.1 Å². The van der Waals surface area contributed by atoms with Gasteiger partial charge >= 0.3 is 0 Å². The molecule has 6 heteroatoms. The van der Waals surface area contributed by atoms with Gasteiger partial charge in [0.15, 0.2) is 0 Å². The molecular weight excluding hydrogens is 350 g/mol. The monoisotopic (exact) mass is 379 g/mol. The molecule has 2 aliphatic rings. The fourth-order valence-corrected chi connectivity index (χ4v) is 4.38. The second-order valence-electron chi connectivity index (χ2n) is 7.98. The van der Waals surface area contributed by atoms with Crippen LogP contribution in [0.5, 0.6) is 0 Å². The van der Waals surface area contributed by atoms with Crippen molar-refractivity contribution in [3.05, 3.63) is 48.0 Å². The molecule has 2 fully saturated rings. The predicted molar refractivity (Wildman–Crippen MR) is 112 cm³/mol. The van der Waals surface area contributed by atoms with E-state index in [2.05, 4.69) is 26.3 Å². The molecule has 1 aliphatic heterocycles. The number of piperidine rings is 1. The molecule has 1 saturated heterocycles. The minimum atomic E-state index is -0.187. The Hall–Kier alpha value is -2.47. The first kappa shape index (κ1) is 18.9. The van der Waals surface area contributed by atoms with E-state index in [9.17, 15) is 4.79 Å². The van der Waals surface area contributed by atoms with Gasteiger partial charge in [-0.1, -0.05) is 25.3 Å². The van der Waals surface area contributed by atoms with Gasteiger partial charge in [0.1, 0.15) is 5.69 Å². The van der Waals surface area contributed by atoms with Gasteiger partial charge in [-0.15, -0.1) is 0 Å². The summed E-state index contributed by atoms with van der Waals surface area (Å²) < 4.78 is 0. The first-order valence-corrected chi connectivity index (χ1v) is 10.4. The second kappa shape index (κ2) is 8.69. The number of carbonyl (C=O) groups is 1. The Bertz CT molecular complexity index is 818. The summed E-state index contributed by atoms with van der Waals surface area (Å²) in [4.78, 5) is 24.0. The minimum Gasteiger partial charge on any atom is -0.368 e. The molecule has 28 heavy (non-hydrogen) atoms. The summed E-state index contributed by atoms with van der Waals surface area (Å²) in [5.74, 6) is 0.290. The van der Waals surface area contributed by atoms with E-state index < -0.39 is 0 Å². The summed E-state index contributed by atoms with van der Waals surface area (Å²) in [6.45, 7) is 1.73. The van der Waals surface area contributed by atoms with Gasteiger partial charge in [-0.05, 0) is 43.9 Å². The van der Waals surface area contributed by atoms with Crippen LogP contribution in [-0.4, -0.2) is 35.0 Å². The summed E-state index contributed by atoms with van der Waals surface area (Å²) in [6, 6.07) is 7.89. The standard InChI is InChI=1S/C22H29N5O/c23-17-8-5-13-27(15-17)21-11-12-24-14-20(21)26-22(28)19-10-4-9-18(25-19)16-6-2-1-3-7-16/h4,9-12,14,16-17H,1-3,5-8,13,15,23H2,(H,26,28)/t17-/m0/s1. The Morgan fingerprint density at radius 3 is 2.79 bits per heavy atom. The number of nitrogens with zero attached hydrogens (tertiary/aromatic N) is 3. The number of carbonyl (C=O) groups excluding carboxylic acids is 1.